The number of aliphatic hydroxyl groups is 2. The molecule has 4 aliphatic heterocycles. The predicted octanol–water partition coefficient (Wildman–Crippen LogP) is 8.97. The molecule has 0 bridgehead atoms. The number of aromatic amines is 2. The number of halogens is 2. The molecule has 0 saturated carbocycles. The third-order valence-corrected chi connectivity index (χ3v) is 15.2. The van der Waals surface area contributed by atoms with Gasteiger partial charge in [-0.15, -0.1) is 0 Å². The van der Waals surface area contributed by atoms with Gasteiger partial charge in [0.15, 0.2) is 29.8 Å². The van der Waals surface area contributed by atoms with Crippen LogP contribution in [0.5, 0.6) is 11.8 Å². The van der Waals surface area contributed by atoms with Crippen LogP contribution >= 0.6 is 11.6 Å². The summed E-state index contributed by atoms with van der Waals surface area (Å²) in [5.74, 6) is 1.47. The van der Waals surface area contributed by atoms with Crippen LogP contribution in [-0.2, 0) is 33.3 Å². The Hall–Kier alpha value is -5.98. The Morgan fingerprint density at radius 1 is 0.658 bits per heavy atom. The normalized spacial score (nSPS) is 27.5. The van der Waals surface area contributed by atoms with E-state index in [-0.39, 0.29) is 67.3 Å². The van der Waals surface area contributed by atoms with Crippen molar-refractivity contribution in [3.05, 3.63) is 107 Å². The molecule has 12 rings (SSSR count). The summed E-state index contributed by atoms with van der Waals surface area (Å²) in [5, 5.41) is 20.4. The topological polar surface area (TPSA) is 197 Å². The Balaban J connectivity index is 0.000000157. The lowest BCUT2D eigenvalue weighted by Gasteiger charge is -2.21. The molecule has 2 aliphatic carbocycles. The number of hydrogen-bond donors (Lipinski definition) is 4. The molecule has 4 fully saturated rings. The first-order valence-electron chi connectivity index (χ1n) is 25.1. The van der Waals surface area contributed by atoms with E-state index in [0.717, 1.165) is 60.7 Å². The van der Waals surface area contributed by atoms with E-state index in [4.69, 9.17) is 49.7 Å². The lowest BCUT2D eigenvalue weighted by molar-refractivity contribution is -0.141. The average Bonchev–Trinajstić information content (AvgIpc) is 4.27. The second kappa shape index (κ2) is 21.1. The first-order chi connectivity index (χ1) is 35.4. The monoisotopic (exact) mass is 1020 g/mol. The molecular formula is C56H58ClFN4O11. The van der Waals surface area contributed by atoms with Gasteiger partial charge in [0.25, 0.3) is 0 Å². The SMILES string of the molecule is CC(=O)CC1CC=C(c2ccc(-c3nc4cc(O[C@@H]5CO[C@H]6[C@@H]5OC[C@H]6O)[nH]c4cc3Cl)cc2)CC1.COC(=O)CC1CC=C(c2ccc(-c3nc4cc(O[C@@H]5CO[C@H]6[C@@H]5OC[C@H]6O)[nH]c4cc3F)cc2)CC1. The second-order valence-electron chi connectivity index (χ2n) is 20.0. The summed E-state index contributed by atoms with van der Waals surface area (Å²) in [6, 6.07) is 23.0. The Morgan fingerprint density at radius 3 is 1.62 bits per heavy atom. The molecule has 0 radical (unpaired) electrons. The predicted molar refractivity (Wildman–Crippen MR) is 270 cm³/mol. The maximum atomic E-state index is 15.0. The number of Topliss-reactive ketones (excluding diaryl/α,β-unsaturated/α-hetero) is 1. The van der Waals surface area contributed by atoms with Crippen LogP contribution in [0.15, 0.2) is 84.9 Å². The summed E-state index contributed by atoms with van der Waals surface area (Å²) in [6.45, 7) is 2.83. The zero-order valence-corrected chi connectivity index (χ0v) is 41.3. The molecule has 2 unspecified atom stereocenters. The number of nitrogens with zero attached hydrogens (tertiary/aromatic N) is 2. The van der Waals surface area contributed by atoms with Gasteiger partial charge in [0.05, 0.1) is 66.3 Å². The van der Waals surface area contributed by atoms with Crippen LogP contribution in [-0.4, -0.2) is 124 Å². The minimum Gasteiger partial charge on any atom is -0.470 e. The van der Waals surface area contributed by atoms with Crippen molar-refractivity contribution in [1.29, 1.82) is 0 Å². The number of pyridine rings is 2. The van der Waals surface area contributed by atoms with Crippen molar-refractivity contribution >= 4 is 56.6 Å². The van der Waals surface area contributed by atoms with Crippen molar-refractivity contribution in [2.75, 3.05) is 33.5 Å². The third-order valence-electron chi connectivity index (χ3n) is 14.9. The van der Waals surface area contributed by atoms with Gasteiger partial charge in [-0.1, -0.05) is 72.3 Å². The zero-order valence-electron chi connectivity index (χ0n) is 40.6. The van der Waals surface area contributed by atoms with Gasteiger partial charge in [-0.05, 0) is 85.6 Å². The van der Waals surface area contributed by atoms with E-state index in [1.54, 1.807) is 13.0 Å². The molecule has 0 spiro atoms. The van der Waals surface area contributed by atoms with Gasteiger partial charge in [-0.3, -0.25) is 4.79 Å². The van der Waals surface area contributed by atoms with Crippen molar-refractivity contribution in [2.24, 2.45) is 11.8 Å². The first-order valence-corrected chi connectivity index (χ1v) is 25.5. The minimum atomic E-state index is -0.649. The van der Waals surface area contributed by atoms with Gasteiger partial charge < -0.3 is 58.1 Å². The van der Waals surface area contributed by atoms with Gasteiger partial charge in [0, 0.05) is 42.2 Å². The van der Waals surface area contributed by atoms with Gasteiger partial charge in [-0.25, -0.2) is 14.4 Å². The highest BCUT2D eigenvalue weighted by molar-refractivity contribution is 6.33. The number of ketones is 1. The Morgan fingerprint density at radius 2 is 1.12 bits per heavy atom. The largest absolute Gasteiger partial charge is 0.470 e. The lowest BCUT2D eigenvalue weighted by Crippen LogP contribution is -2.34. The standard InChI is InChI=1S/C28H29ClN2O5.C28H29FN2O6/c1-15(32)10-16-2-4-17(5-3-16)18-6-8-19(9-7-18)26-20(29)11-21-22(31-26)12-25(30-21)36-24-14-35-27-23(33)13-34-28(24)27;1-34-25(33)10-15-2-4-16(5-3-15)17-6-8-18(9-7-17)26-19(29)11-20-21(31-26)12-24(30-20)37-23-14-36-27-22(32)13-35-28(23)27/h4,6-9,11-12,16,23-24,27-28,30,33H,2-3,5,10,13-14H2,1H3;4,6-9,11-12,15,22-23,27-28,30,32H,2-3,5,10,13-14H2,1H3/t16?,23-,24-,27-,28-;15?,22-,23-,27-,28-/m11/s1. The van der Waals surface area contributed by atoms with Crippen molar-refractivity contribution < 1.29 is 57.4 Å². The van der Waals surface area contributed by atoms with Crippen LogP contribution in [0.4, 0.5) is 4.39 Å². The molecule has 17 heteroatoms. The molecule has 8 heterocycles. The summed E-state index contributed by atoms with van der Waals surface area (Å²) >= 11 is 6.62. The Bertz CT molecular complexity index is 3060. The van der Waals surface area contributed by atoms with Crippen LogP contribution in [0.3, 0.4) is 0 Å². The van der Waals surface area contributed by atoms with Crippen LogP contribution < -0.4 is 9.47 Å². The Labute approximate surface area is 426 Å². The number of aromatic nitrogens is 4. The molecule has 6 aliphatic rings. The van der Waals surface area contributed by atoms with Crippen LogP contribution in [0.1, 0.15) is 69.4 Å². The molecule has 4 saturated heterocycles. The summed E-state index contributed by atoms with van der Waals surface area (Å²) < 4.78 is 54.4. The van der Waals surface area contributed by atoms with E-state index in [2.05, 4.69) is 51.4 Å². The third kappa shape index (κ3) is 10.6. The van der Waals surface area contributed by atoms with Gasteiger partial charge in [-0.2, -0.15) is 0 Å². The van der Waals surface area contributed by atoms with Crippen molar-refractivity contribution in [3.8, 4) is 34.3 Å². The Kier molecular flexibility index (Phi) is 14.2. The van der Waals surface area contributed by atoms with Gasteiger partial charge in [0.1, 0.15) is 48.1 Å². The molecule has 4 aromatic heterocycles. The number of carbonyl (C=O) groups excluding carboxylic acids is 2. The number of carbonyl (C=O) groups is 2. The highest BCUT2D eigenvalue weighted by atomic mass is 35.5. The number of aliphatic hydroxyl groups excluding tert-OH is 2. The minimum absolute atomic E-state index is 0.164. The van der Waals surface area contributed by atoms with Crippen molar-refractivity contribution in [2.45, 2.75) is 107 Å². The lowest BCUT2D eigenvalue weighted by atomic mass is 9.84. The first kappa shape index (κ1) is 49.2. The highest BCUT2D eigenvalue weighted by Gasteiger charge is 2.49. The second-order valence-corrected chi connectivity index (χ2v) is 20.4. The van der Waals surface area contributed by atoms with Crippen LogP contribution in [0.2, 0.25) is 5.02 Å². The highest BCUT2D eigenvalue weighted by Crippen LogP contribution is 2.38. The maximum Gasteiger partial charge on any atom is 0.305 e. The number of benzene rings is 2. The van der Waals surface area contributed by atoms with E-state index >= 15 is 4.39 Å². The molecule has 73 heavy (non-hydrogen) atoms. The average molecular weight is 1020 g/mol. The van der Waals surface area contributed by atoms with Gasteiger partial charge in [0.2, 0.25) is 0 Å². The van der Waals surface area contributed by atoms with E-state index in [1.165, 1.54) is 29.9 Å². The number of nitrogens with one attached hydrogen (secondary N) is 2. The summed E-state index contributed by atoms with van der Waals surface area (Å²) in [4.78, 5) is 38.6. The number of fused-ring (bicyclic) bond motifs is 4. The number of H-pyrrole nitrogens is 2. The molecule has 6 aromatic rings. The van der Waals surface area contributed by atoms with E-state index in [0.29, 0.717) is 77.0 Å². The molecule has 0 amide bonds. The fraction of sp³-hybridized carbons (Fsp3) is 0.429. The number of methoxy groups -OCH3 is 1. The smallest absolute Gasteiger partial charge is 0.305 e. The molecule has 4 N–H and O–H groups in total. The summed E-state index contributed by atoms with van der Waals surface area (Å²) in [7, 11) is 1.42. The summed E-state index contributed by atoms with van der Waals surface area (Å²) in [5.41, 5.74) is 10.1. The van der Waals surface area contributed by atoms with E-state index < -0.39 is 18.0 Å². The quantitative estimate of drug-likeness (QED) is 0.0849. The van der Waals surface area contributed by atoms with Crippen molar-refractivity contribution in [3.63, 3.8) is 0 Å². The molecule has 15 nitrogen and oxygen atoms in total. The van der Waals surface area contributed by atoms with Gasteiger partial charge >= 0.3 is 5.97 Å². The number of hydrogen-bond acceptors (Lipinski definition) is 13. The number of allylic oxidation sites excluding steroid dienone is 4. The fourth-order valence-corrected chi connectivity index (χ4v) is 11.3. The number of esters is 1. The van der Waals surface area contributed by atoms with Crippen LogP contribution in [0.25, 0.3) is 55.7 Å². The number of rotatable bonds is 12. The van der Waals surface area contributed by atoms with E-state index in [1.807, 2.05) is 36.4 Å². The van der Waals surface area contributed by atoms with E-state index in [9.17, 15) is 19.8 Å². The summed E-state index contributed by atoms with van der Waals surface area (Å²) in [6.07, 6.45) is 8.00. The molecule has 382 valence electrons. The maximum absolute atomic E-state index is 15.0. The van der Waals surface area contributed by atoms with Crippen molar-refractivity contribution in [1.82, 2.24) is 19.9 Å². The zero-order chi connectivity index (χ0) is 50.3. The number of ether oxygens (including phenoxy) is 7. The molecular weight excluding hydrogens is 959 g/mol. The van der Waals surface area contributed by atoms with Crippen LogP contribution in [0, 0.1) is 17.7 Å². The molecule has 10 atom stereocenters. The fourth-order valence-electron chi connectivity index (χ4n) is 11.0. The molecule has 2 aromatic carbocycles.